The van der Waals surface area contributed by atoms with E-state index in [1.807, 2.05) is 11.6 Å². The SMILES string of the molecule is Cn1c(N2CCN(Cc3ccccc3)CC2)n[nH]c1=S. The van der Waals surface area contributed by atoms with Gasteiger partial charge in [-0.2, -0.15) is 0 Å². The molecular formula is C14H19N5S. The van der Waals surface area contributed by atoms with Crippen LogP contribution < -0.4 is 4.90 Å². The molecule has 1 fully saturated rings. The van der Waals surface area contributed by atoms with Gasteiger partial charge in [0, 0.05) is 39.8 Å². The molecule has 0 bridgehead atoms. The van der Waals surface area contributed by atoms with Crippen molar-refractivity contribution in [1.82, 2.24) is 19.7 Å². The molecule has 106 valence electrons. The van der Waals surface area contributed by atoms with E-state index >= 15 is 0 Å². The van der Waals surface area contributed by atoms with Gasteiger partial charge < -0.3 is 4.90 Å². The summed E-state index contributed by atoms with van der Waals surface area (Å²) < 4.78 is 2.61. The Morgan fingerprint density at radius 3 is 2.45 bits per heavy atom. The molecule has 6 heteroatoms. The summed E-state index contributed by atoms with van der Waals surface area (Å²) in [6.45, 7) is 5.09. The first-order valence-electron chi connectivity index (χ1n) is 6.86. The lowest BCUT2D eigenvalue weighted by molar-refractivity contribution is 0.248. The highest BCUT2D eigenvalue weighted by molar-refractivity contribution is 7.71. The van der Waals surface area contributed by atoms with Gasteiger partial charge >= 0.3 is 0 Å². The zero-order valence-corrected chi connectivity index (χ0v) is 12.4. The predicted octanol–water partition coefficient (Wildman–Crippen LogP) is 1.80. The minimum Gasteiger partial charge on any atom is -0.338 e. The first kappa shape index (κ1) is 13.3. The van der Waals surface area contributed by atoms with Gasteiger partial charge in [-0.3, -0.25) is 9.47 Å². The maximum absolute atomic E-state index is 5.16. The summed E-state index contributed by atoms with van der Waals surface area (Å²) in [6, 6.07) is 10.6. The Kier molecular flexibility index (Phi) is 3.84. The fourth-order valence-corrected chi connectivity index (χ4v) is 2.70. The zero-order valence-electron chi connectivity index (χ0n) is 11.6. The predicted molar refractivity (Wildman–Crippen MR) is 82.3 cm³/mol. The van der Waals surface area contributed by atoms with Gasteiger partial charge in [0.15, 0.2) is 4.77 Å². The Morgan fingerprint density at radius 1 is 1.15 bits per heavy atom. The molecule has 3 rings (SSSR count). The van der Waals surface area contributed by atoms with Crippen molar-refractivity contribution < 1.29 is 0 Å². The van der Waals surface area contributed by atoms with Gasteiger partial charge in [-0.1, -0.05) is 30.3 Å². The van der Waals surface area contributed by atoms with Crippen molar-refractivity contribution in [2.24, 2.45) is 7.05 Å². The standard InChI is InChI=1S/C14H19N5S/c1-17-13(15-16-14(17)20)19-9-7-18(8-10-19)11-12-5-3-2-4-6-12/h2-6H,7-11H2,1H3,(H,16,20). The summed E-state index contributed by atoms with van der Waals surface area (Å²) in [4.78, 5) is 4.76. The van der Waals surface area contributed by atoms with Gasteiger partial charge in [0.1, 0.15) is 0 Å². The van der Waals surface area contributed by atoms with E-state index < -0.39 is 0 Å². The van der Waals surface area contributed by atoms with Crippen LogP contribution in [0.5, 0.6) is 0 Å². The van der Waals surface area contributed by atoms with Crippen LogP contribution in [-0.2, 0) is 13.6 Å². The summed E-state index contributed by atoms with van der Waals surface area (Å²) in [7, 11) is 1.96. The third kappa shape index (κ3) is 2.76. The lowest BCUT2D eigenvalue weighted by Gasteiger charge is -2.34. The number of H-pyrrole nitrogens is 1. The minimum absolute atomic E-state index is 0.673. The number of nitrogens with one attached hydrogen (secondary N) is 1. The fraction of sp³-hybridized carbons (Fsp3) is 0.429. The molecule has 0 aliphatic carbocycles. The highest BCUT2D eigenvalue weighted by Crippen LogP contribution is 2.14. The molecule has 0 unspecified atom stereocenters. The quantitative estimate of drug-likeness (QED) is 0.875. The second-order valence-electron chi connectivity index (χ2n) is 5.14. The third-order valence-corrected chi connectivity index (χ3v) is 4.13. The van der Waals surface area contributed by atoms with Crippen LogP contribution in [0.4, 0.5) is 5.95 Å². The van der Waals surface area contributed by atoms with Crippen LogP contribution >= 0.6 is 12.2 Å². The second kappa shape index (κ2) is 5.76. The van der Waals surface area contributed by atoms with Crippen molar-refractivity contribution in [1.29, 1.82) is 0 Å². The lowest BCUT2D eigenvalue weighted by atomic mass is 10.2. The molecule has 1 saturated heterocycles. The number of hydrogen-bond donors (Lipinski definition) is 1. The summed E-state index contributed by atoms with van der Waals surface area (Å²) in [5, 5.41) is 7.15. The number of rotatable bonds is 3. The lowest BCUT2D eigenvalue weighted by Crippen LogP contribution is -2.46. The van der Waals surface area contributed by atoms with Crippen LogP contribution in [0.1, 0.15) is 5.56 Å². The molecule has 0 saturated carbocycles. The van der Waals surface area contributed by atoms with Crippen LogP contribution in [-0.4, -0.2) is 45.8 Å². The van der Waals surface area contributed by atoms with Crippen LogP contribution in [0.25, 0.3) is 0 Å². The van der Waals surface area contributed by atoms with Crippen molar-refractivity contribution in [3.63, 3.8) is 0 Å². The topological polar surface area (TPSA) is 40.1 Å². The largest absolute Gasteiger partial charge is 0.338 e. The van der Waals surface area contributed by atoms with Gasteiger partial charge in [0.25, 0.3) is 0 Å². The maximum atomic E-state index is 5.16. The van der Waals surface area contributed by atoms with Crippen molar-refractivity contribution in [3.8, 4) is 0 Å². The average Bonchev–Trinajstić information content (AvgIpc) is 2.81. The number of aromatic nitrogens is 3. The molecule has 1 N–H and O–H groups in total. The normalized spacial score (nSPS) is 16.6. The van der Waals surface area contributed by atoms with E-state index in [0.29, 0.717) is 4.77 Å². The van der Waals surface area contributed by atoms with E-state index in [0.717, 1.165) is 38.7 Å². The molecule has 1 aliphatic heterocycles. The van der Waals surface area contributed by atoms with E-state index in [-0.39, 0.29) is 0 Å². The van der Waals surface area contributed by atoms with E-state index in [2.05, 4.69) is 50.3 Å². The van der Waals surface area contributed by atoms with Gasteiger partial charge in [0.2, 0.25) is 5.95 Å². The number of aromatic amines is 1. The van der Waals surface area contributed by atoms with Crippen molar-refractivity contribution in [3.05, 3.63) is 40.7 Å². The van der Waals surface area contributed by atoms with Crippen molar-refractivity contribution >= 4 is 18.2 Å². The van der Waals surface area contributed by atoms with E-state index in [4.69, 9.17) is 12.2 Å². The number of benzene rings is 1. The molecule has 1 aromatic heterocycles. The summed E-state index contributed by atoms with van der Waals surface area (Å²) in [5.41, 5.74) is 1.37. The molecule has 1 aromatic carbocycles. The summed E-state index contributed by atoms with van der Waals surface area (Å²) in [5.74, 6) is 0.939. The van der Waals surface area contributed by atoms with E-state index in [9.17, 15) is 0 Å². The molecule has 2 heterocycles. The number of piperazine rings is 1. The summed E-state index contributed by atoms with van der Waals surface area (Å²) in [6.07, 6.45) is 0. The Morgan fingerprint density at radius 2 is 1.85 bits per heavy atom. The molecule has 0 amide bonds. The van der Waals surface area contributed by atoms with Crippen LogP contribution in [0.2, 0.25) is 0 Å². The first-order chi connectivity index (χ1) is 9.74. The Labute approximate surface area is 123 Å². The molecule has 5 nitrogen and oxygen atoms in total. The number of nitrogens with zero attached hydrogens (tertiary/aromatic N) is 4. The van der Waals surface area contributed by atoms with Gasteiger partial charge in [-0.25, -0.2) is 5.10 Å². The second-order valence-corrected chi connectivity index (χ2v) is 5.52. The van der Waals surface area contributed by atoms with Crippen LogP contribution in [0, 0.1) is 4.77 Å². The Hall–Kier alpha value is -1.66. The van der Waals surface area contributed by atoms with Gasteiger partial charge in [-0.05, 0) is 17.8 Å². The molecule has 2 aromatic rings. The van der Waals surface area contributed by atoms with Gasteiger partial charge in [0.05, 0.1) is 0 Å². The number of hydrogen-bond acceptors (Lipinski definition) is 4. The van der Waals surface area contributed by atoms with Crippen LogP contribution in [0.15, 0.2) is 30.3 Å². The smallest absolute Gasteiger partial charge is 0.225 e. The highest BCUT2D eigenvalue weighted by Gasteiger charge is 2.20. The minimum atomic E-state index is 0.673. The van der Waals surface area contributed by atoms with Gasteiger partial charge in [-0.15, -0.1) is 5.10 Å². The molecular weight excluding hydrogens is 270 g/mol. The molecule has 1 aliphatic rings. The van der Waals surface area contributed by atoms with E-state index in [1.54, 1.807) is 0 Å². The van der Waals surface area contributed by atoms with E-state index in [1.165, 1.54) is 5.56 Å². The number of anilines is 1. The Bertz CT molecular complexity index is 610. The average molecular weight is 289 g/mol. The van der Waals surface area contributed by atoms with Crippen molar-refractivity contribution in [2.45, 2.75) is 6.54 Å². The molecule has 0 spiro atoms. The summed E-state index contributed by atoms with van der Waals surface area (Å²) >= 11 is 5.16. The van der Waals surface area contributed by atoms with Crippen molar-refractivity contribution in [2.75, 3.05) is 31.1 Å². The third-order valence-electron chi connectivity index (χ3n) is 3.76. The zero-order chi connectivity index (χ0) is 13.9. The van der Waals surface area contributed by atoms with Crippen LogP contribution in [0.3, 0.4) is 0 Å². The molecule has 0 radical (unpaired) electrons. The Balaban J connectivity index is 1.60. The first-order valence-corrected chi connectivity index (χ1v) is 7.27. The highest BCUT2D eigenvalue weighted by atomic mass is 32.1. The monoisotopic (exact) mass is 289 g/mol. The molecule has 0 atom stereocenters. The molecule has 20 heavy (non-hydrogen) atoms. The maximum Gasteiger partial charge on any atom is 0.225 e. The fourth-order valence-electron chi connectivity index (χ4n) is 2.57.